The van der Waals surface area contributed by atoms with Crippen LogP contribution in [0.15, 0.2) is 24.3 Å². The molecule has 3 heteroatoms. The number of hydrogen-bond donors (Lipinski definition) is 1. The van der Waals surface area contributed by atoms with Gasteiger partial charge in [0.2, 0.25) is 0 Å². The maximum absolute atomic E-state index is 10.5. The summed E-state index contributed by atoms with van der Waals surface area (Å²) in [6.07, 6.45) is 2.06. The molecule has 0 radical (unpaired) electrons. The van der Waals surface area contributed by atoms with E-state index < -0.39 is 5.97 Å². The molecule has 0 aliphatic rings. The van der Waals surface area contributed by atoms with E-state index in [2.05, 4.69) is 43.0 Å². The Hall–Kier alpha value is -1.51. The molecule has 18 heavy (non-hydrogen) atoms. The van der Waals surface area contributed by atoms with Crippen molar-refractivity contribution in [2.75, 3.05) is 18.5 Å². The van der Waals surface area contributed by atoms with Crippen molar-refractivity contribution >= 4 is 11.7 Å². The van der Waals surface area contributed by atoms with E-state index in [1.807, 2.05) is 7.05 Å². The predicted octanol–water partition coefficient (Wildman–Crippen LogP) is 3.50. The zero-order chi connectivity index (χ0) is 13.5. The Balaban J connectivity index is 2.53. The minimum absolute atomic E-state index is 0.231. The van der Waals surface area contributed by atoms with Crippen molar-refractivity contribution in [1.29, 1.82) is 0 Å². The Labute approximate surface area is 109 Å². The maximum atomic E-state index is 10.5. The van der Waals surface area contributed by atoms with E-state index in [-0.39, 0.29) is 6.42 Å². The molecule has 1 N–H and O–H groups in total. The van der Waals surface area contributed by atoms with Crippen LogP contribution in [-0.2, 0) is 4.79 Å². The average molecular weight is 249 g/mol. The van der Waals surface area contributed by atoms with Crippen LogP contribution in [0.3, 0.4) is 0 Å². The van der Waals surface area contributed by atoms with Crippen molar-refractivity contribution in [2.24, 2.45) is 0 Å². The number of carboxylic acid groups (broad SMARTS) is 1. The quantitative estimate of drug-likeness (QED) is 0.804. The van der Waals surface area contributed by atoms with Gasteiger partial charge in [-0.25, -0.2) is 0 Å². The first kappa shape index (κ1) is 14.6. The standard InChI is InChI=1S/C15H23NO2/c1-4-12(2)13-7-9-14(10-8-13)16(3)11-5-6-15(17)18/h7-10,12H,4-6,11H2,1-3H3,(H,17,18). The van der Waals surface area contributed by atoms with Crippen LogP contribution >= 0.6 is 0 Å². The lowest BCUT2D eigenvalue weighted by Crippen LogP contribution is -2.19. The molecular formula is C15H23NO2. The van der Waals surface area contributed by atoms with Gasteiger partial charge in [0.1, 0.15) is 0 Å². The van der Waals surface area contributed by atoms with Gasteiger partial charge >= 0.3 is 5.97 Å². The highest BCUT2D eigenvalue weighted by Gasteiger charge is 2.05. The van der Waals surface area contributed by atoms with Gasteiger partial charge in [-0.3, -0.25) is 4.79 Å². The molecular weight excluding hydrogens is 226 g/mol. The number of carboxylic acids is 1. The molecule has 0 fully saturated rings. The molecule has 1 atom stereocenters. The summed E-state index contributed by atoms with van der Waals surface area (Å²) in [7, 11) is 2.00. The van der Waals surface area contributed by atoms with Crippen molar-refractivity contribution in [1.82, 2.24) is 0 Å². The third-order valence-electron chi connectivity index (χ3n) is 3.40. The van der Waals surface area contributed by atoms with Crippen molar-refractivity contribution in [3.05, 3.63) is 29.8 Å². The molecule has 0 saturated carbocycles. The zero-order valence-electron chi connectivity index (χ0n) is 11.5. The summed E-state index contributed by atoms with van der Waals surface area (Å²) in [5, 5.41) is 8.60. The van der Waals surface area contributed by atoms with Crippen LogP contribution in [0.5, 0.6) is 0 Å². The van der Waals surface area contributed by atoms with Gasteiger partial charge in [-0.2, -0.15) is 0 Å². The first-order chi connectivity index (χ1) is 8.54. The summed E-state index contributed by atoms with van der Waals surface area (Å²) >= 11 is 0. The number of nitrogens with zero attached hydrogens (tertiary/aromatic N) is 1. The molecule has 1 unspecified atom stereocenters. The van der Waals surface area contributed by atoms with Crippen LogP contribution in [0.25, 0.3) is 0 Å². The topological polar surface area (TPSA) is 40.5 Å². The molecule has 0 bridgehead atoms. The maximum Gasteiger partial charge on any atom is 0.303 e. The molecule has 0 heterocycles. The fourth-order valence-electron chi connectivity index (χ4n) is 1.89. The monoisotopic (exact) mass is 249 g/mol. The molecule has 0 aliphatic heterocycles. The van der Waals surface area contributed by atoms with E-state index in [0.717, 1.165) is 18.7 Å². The van der Waals surface area contributed by atoms with E-state index in [1.165, 1.54) is 5.56 Å². The Morgan fingerprint density at radius 3 is 2.44 bits per heavy atom. The molecule has 1 rings (SSSR count). The largest absolute Gasteiger partial charge is 0.481 e. The summed E-state index contributed by atoms with van der Waals surface area (Å²) in [5.74, 6) is -0.133. The van der Waals surface area contributed by atoms with Gasteiger partial charge in [-0.15, -0.1) is 0 Å². The molecule has 0 aliphatic carbocycles. The van der Waals surface area contributed by atoms with Gasteiger partial charge < -0.3 is 10.0 Å². The first-order valence-electron chi connectivity index (χ1n) is 6.57. The van der Waals surface area contributed by atoms with Gasteiger partial charge in [0.25, 0.3) is 0 Å². The van der Waals surface area contributed by atoms with E-state index in [0.29, 0.717) is 12.3 Å². The Morgan fingerprint density at radius 2 is 1.94 bits per heavy atom. The molecule has 3 nitrogen and oxygen atoms in total. The van der Waals surface area contributed by atoms with Crippen LogP contribution in [0.4, 0.5) is 5.69 Å². The van der Waals surface area contributed by atoms with Crippen molar-refractivity contribution < 1.29 is 9.90 Å². The minimum atomic E-state index is -0.726. The number of aliphatic carboxylic acids is 1. The molecule has 0 amide bonds. The molecule has 0 aromatic heterocycles. The lowest BCUT2D eigenvalue weighted by Gasteiger charge is -2.20. The highest BCUT2D eigenvalue weighted by molar-refractivity contribution is 5.66. The fourth-order valence-corrected chi connectivity index (χ4v) is 1.89. The van der Waals surface area contributed by atoms with Gasteiger partial charge in [-0.05, 0) is 36.5 Å². The van der Waals surface area contributed by atoms with E-state index in [4.69, 9.17) is 5.11 Å². The van der Waals surface area contributed by atoms with E-state index >= 15 is 0 Å². The van der Waals surface area contributed by atoms with Gasteiger partial charge in [0, 0.05) is 25.7 Å². The summed E-state index contributed by atoms with van der Waals surface area (Å²) in [6, 6.07) is 8.55. The third-order valence-corrected chi connectivity index (χ3v) is 3.40. The summed E-state index contributed by atoms with van der Waals surface area (Å²) in [5.41, 5.74) is 2.51. The second-order valence-electron chi connectivity index (χ2n) is 4.82. The number of carbonyl (C=O) groups is 1. The molecule has 0 saturated heterocycles. The van der Waals surface area contributed by atoms with Gasteiger partial charge in [0.05, 0.1) is 0 Å². The zero-order valence-corrected chi connectivity index (χ0v) is 11.5. The van der Waals surface area contributed by atoms with Crippen LogP contribution in [-0.4, -0.2) is 24.7 Å². The number of anilines is 1. The highest BCUT2D eigenvalue weighted by atomic mass is 16.4. The summed E-state index contributed by atoms with van der Waals surface area (Å²) in [4.78, 5) is 12.6. The second kappa shape index (κ2) is 7.04. The molecule has 100 valence electrons. The lowest BCUT2D eigenvalue weighted by molar-refractivity contribution is -0.137. The number of rotatable bonds is 7. The molecule has 0 spiro atoms. The van der Waals surface area contributed by atoms with Crippen LogP contribution < -0.4 is 4.90 Å². The van der Waals surface area contributed by atoms with Crippen LogP contribution in [0, 0.1) is 0 Å². The van der Waals surface area contributed by atoms with Crippen molar-refractivity contribution in [3.8, 4) is 0 Å². The fraction of sp³-hybridized carbons (Fsp3) is 0.533. The lowest BCUT2D eigenvalue weighted by atomic mass is 9.98. The Bertz CT molecular complexity index is 373. The van der Waals surface area contributed by atoms with Crippen LogP contribution in [0.2, 0.25) is 0 Å². The minimum Gasteiger partial charge on any atom is -0.481 e. The summed E-state index contributed by atoms with van der Waals surface area (Å²) < 4.78 is 0. The molecule has 1 aromatic carbocycles. The van der Waals surface area contributed by atoms with E-state index in [9.17, 15) is 4.79 Å². The SMILES string of the molecule is CCC(C)c1ccc(N(C)CCCC(=O)O)cc1. The highest BCUT2D eigenvalue weighted by Crippen LogP contribution is 2.22. The first-order valence-corrected chi connectivity index (χ1v) is 6.57. The third kappa shape index (κ3) is 4.40. The second-order valence-corrected chi connectivity index (χ2v) is 4.82. The number of benzene rings is 1. The van der Waals surface area contributed by atoms with Crippen LogP contribution in [0.1, 0.15) is 44.6 Å². The Kier molecular flexibility index (Phi) is 5.69. The summed E-state index contributed by atoms with van der Waals surface area (Å²) in [6.45, 7) is 5.19. The molecule has 1 aromatic rings. The normalized spacial score (nSPS) is 12.2. The van der Waals surface area contributed by atoms with Gasteiger partial charge in [0.15, 0.2) is 0 Å². The number of hydrogen-bond acceptors (Lipinski definition) is 2. The van der Waals surface area contributed by atoms with Crippen molar-refractivity contribution in [2.45, 2.75) is 39.0 Å². The van der Waals surface area contributed by atoms with Crippen molar-refractivity contribution in [3.63, 3.8) is 0 Å². The van der Waals surface area contributed by atoms with Gasteiger partial charge in [-0.1, -0.05) is 26.0 Å². The smallest absolute Gasteiger partial charge is 0.303 e. The average Bonchev–Trinajstić information content (AvgIpc) is 2.37. The Morgan fingerprint density at radius 1 is 1.33 bits per heavy atom. The predicted molar refractivity (Wildman–Crippen MR) is 75.3 cm³/mol. The van der Waals surface area contributed by atoms with E-state index in [1.54, 1.807) is 0 Å².